The third-order valence-electron chi connectivity index (χ3n) is 12.1. The van der Waals surface area contributed by atoms with Crippen LogP contribution in [0.1, 0.15) is 258 Å². The molecule has 0 saturated carbocycles. The van der Waals surface area contributed by atoms with Crippen molar-refractivity contribution in [3.8, 4) is 0 Å². The molecule has 0 aliphatic carbocycles. The Morgan fingerprint density at radius 1 is 0.477 bits per heavy atom. The van der Waals surface area contributed by atoms with Crippen molar-refractivity contribution in [3.05, 3.63) is 48.6 Å². The van der Waals surface area contributed by atoms with Crippen molar-refractivity contribution in [2.75, 3.05) is 13.2 Å². The van der Waals surface area contributed by atoms with Crippen molar-refractivity contribution < 1.29 is 34.1 Å². The van der Waals surface area contributed by atoms with E-state index < -0.39 is 24.5 Å². The van der Waals surface area contributed by atoms with Gasteiger partial charge in [-0.2, -0.15) is 0 Å². The van der Waals surface area contributed by atoms with Gasteiger partial charge in [-0.25, -0.2) is 4.79 Å². The van der Waals surface area contributed by atoms with Gasteiger partial charge in [0.1, 0.15) is 12.1 Å². The molecule has 2 atom stereocenters. The smallest absolute Gasteiger partial charge is 0.328 e. The van der Waals surface area contributed by atoms with Crippen molar-refractivity contribution in [3.63, 3.8) is 0 Å². The number of carbonyl (C=O) groups is 4. The van der Waals surface area contributed by atoms with Crippen LogP contribution in [0.5, 0.6) is 0 Å². The summed E-state index contributed by atoms with van der Waals surface area (Å²) >= 11 is 0. The number of carboxylic acids is 1. The molecule has 0 rings (SSSR count). The molecule has 0 aromatic rings. The SMILES string of the molecule is CC/C=C\C/C=C\C/C=C\C/C=C\CCCCC(CCCCCCCC(=O)NCC(=O)NC(CO)C(=O)O)OC(=O)CCCCCCCCCCCCCCCCCCCCCCCC. The average Bonchev–Trinajstić information content (AvgIpc) is 3.29. The molecule has 0 aliphatic rings. The van der Waals surface area contributed by atoms with Crippen LogP contribution in [-0.2, 0) is 23.9 Å². The van der Waals surface area contributed by atoms with Gasteiger partial charge in [0.2, 0.25) is 11.8 Å². The van der Waals surface area contributed by atoms with E-state index in [1.165, 1.54) is 128 Å². The topological polar surface area (TPSA) is 142 Å². The summed E-state index contributed by atoms with van der Waals surface area (Å²) in [6.07, 6.45) is 61.6. The number of aliphatic hydroxyl groups is 1. The second kappa shape index (κ2) is 50.2. The molecule has 0 aromatic heterocycles. The van der Waals surface area contributed by atoms with E-state index in [0.29, 0.717) is 12.8 Å². The maximum atomic E-state index is 12.9. The summed E-state index contributed by atoms with van der Waals surface area (Å²) in [4.78, 5) is 47.8. The van der Waals surface area contributed by atoms with Gasteiger partial charge < -0.3 is 25.6 Å². The Morgan fingerprint density at radius 3 is 1.32 bits per heavy atom. The van der Waals surface area contributed by atoms with Crippen LogP contribution in [0.3, 0.4) is 0 Å². The van der Waals surface area contributed by atoms with Gasteiger partial charge in [-0.15, -0.1) is 0 Å². The molecule has 9 nitrogen and oxygen atoms in total. The quantitative estimate of drug-likeness (QED) is 0.0270. The fourth-order valence-corrected chi connectivity index (χ4v) is 8.00. The Labute approximate surface area is 399 Å². The van der Waals surface area contributed by atoms with E-state index >= 15 is 0 Å². The second-order valence-electron chi connectivity index (χ2n) is 18.3. The molecule has 4 N–H and O–H groups in total. The van der Waals surface area contributed by atoms with E-state index in [9.17, 15) is 19.2 Å². The zero-order chi connectivity index (χ0) is 47.5. The fraction of sp³-hybridized carbons (Fsp3) is 0.786. The van der Waals surface area contributed by atoms with Crippen molar-refractivity contribution in [2.45, 2.75) is 270 Å². The minimum absolute atomic E-state index is 0.0527. The standard InChI is InChI=1S/C56H100N2O7/c1-3-5-7-9-11-13-15-17-19-20-21-22-23-24-25-27-29-31-33-35-40-44-48-55(62)65-51(45-41-37-34-32-30-28-26-18-16-14-12-10-8-6-4-2)46-42-38-36-39-43-47-53(60)57-49-54(61)58-52(50-59)56(63)64/h6,8,12,14,18,26,30,32,51-52,59H,3-5,7,9-11,13,15-17,19-25,27-29,31,33-50H2,1-2H3,(H,57,60)(H,58,61)(H,63,64)/b8-6-,14-12-,26-18-,32-30-. The molecule has 0 bridgehead atoms. The van der Waals surface area contributed by atoms with Gasteiger partial charge in [-0.1, -0.05) is 217 Å². The van der Waals surface area contributed by atoms with Gasteiger partial charge in [0.05, 0.1) is 13.2 Å². The second-order valence-corrected chi connectivity index (χ2v) is 18.3. The highest BCUT2D eigenvalue weighted by molar-refractivity contribution is 5.87. The number of amides is 2. The van der Waals surface area contributed by atoms with Crippen LogP contribution < -0.4 is 10.6 Å². The largest absolute Gasteiger partial charge is 0.480 e. The number of ether oxygens (including phenoxy) is 1. The average molecular weight is 913 g/mol. The first kappa shape index (κ1) is 61.8. The summed E-state index contributed by atoms with van der Waals surface area (Å²) in [5, 5.41) is 22.6. The van der Waals surface area contributed by atoms with E-state index in [1.54, 1.807) is 0 Å². The summed E-state index contributed by atoms with van der Waals surface area (Å²) in [6, 6.07) is -1.39. The summed E-state index contributed by atoms with van der Waals surface area (Å²) in [5.74, 6) is -2.31. The van der Waals surface area contributed by atoms with E-state index in [0.717, 1.165) is 96.3 Å². The van der Waals surface area contributed by atoms with E-state index in [4.69, 9.17) is 14.9 Å². The Bertz CT molecular complexity index is 1230. The van der Waals surface area contributed by atoms with Crippen molar-refractivity contribution in [1.82, 2.24) is 10.6 Å². The molecule has 0 heterocycles. The monoisotopic (exact) mass is 913 g/mol. The normalized spacial score (nSPS) is 12.8. The van der Waals surface area contributed by atoms with E-state index in [2.05, 4.69) is 73.1 Å². The Hall–Kier alpha value is -3.20. The Kier molecular flexibility index (Phi) is 47.7. The highest BCUT2D eigenvalue weighted by Crippen LogP contribution is 2.19. The van der Waals surface area contributed by atoms with Crippen LogP contribution in [0.15, 0.2) is 48.6 Å². The molecular weight excluding hydrogens is 813 g/mol. The minimum atomic E-state index is -1.39. The van der Waals surface area contributed by atoms with E-state index in [1.807, 2.05) is 0 Å². The number of aliphatic carboxylic acids is 1. The molecule has 0 radical (unpaired) electrons. The summed E-state index contributed by atoms with van der Waals surface area (Å²) in [6.45, 7) is 3.39. The third-order valence-corrected chi connectivity index (χ3v) is 12.1. The summed E-state index contributed by atoms with van der Waals surface area (Å²) in [5.41, 5.74) is 0. The third kappa shape index (κ3) is 47.1. The van der Waals surface area contributed by atoms with Crippen molar-refractivity contribution in [2.24, 2.45) is 0 Å². The van der Waals surface area contributed by atoms with Gasteiger partial charge in [0.15, 0.2) is 0 Å². The number of aliphatic hydroxyl groups excluding tert-OH is 1. The van der Waals surface area contributed by atoms with E-state index in [-0.39, 0.29) is 30.9 Å². The number of esters is 1. The molecule has 0 aromatic carbocycles. The molecule has 2 unspecified atom stereocenters. The number of hydrogen-bond acceptors (Lipinski definition) is 6. The summed E-state index contributed by atoms with van der Waals surface area (Å²) in [7, 11) is 0. The maximum absolute atomic E-state index is 12.9. The molecule has 0 fully saturated rings. The molecule has 0 saturated heterocycles. The van der Waals surface area contributed by atoms with Crippen LogP contribution >= 0.6 is 0 Å². The Balaban J connectivity index is 4.28. The minimum Gasteiger partial charge on any atom is -0.480 e. The lowest BCUT2D eigenvalue weighted by molar-refractivity contribution is -0.150. The number of carboxylic acid groups (broad SMARTS) is 1. The highest BCUT2D eigenvalue weighted by Gasteiger charge is 2.19. The fourth-order valence-electron chi connectivity index (χ4n) is 8.00. The zero-order valence-electron chi connectivity index (χ0n) is 42.0. The number of rotatable bonds is 49. The van der Waals surface area contributed by atoms with Crippen LogP contribution in [0.4, 0.5) is 0 Å². The lowest BCUT2D eigenvalue weighted by Crippen LogP contribution is -2.47. The lowest BCUT2D eigenvalue weighted by Gasteiger charge is -2.18. The molecule has 9 heteroatoms. The first-order valence-electron chi connectivity index (χ1n) is 27.0. The number of nitrogens with one attached hydrogen (secondary N) is 2. The zero-order valence-corrected chi connectivity index (χ0v) is 42.0. The molecular formula is C56H100N2O7. The molecule has 0 aliphatic heterocycles. The Morgan fingerprint density at radius 2 is 0.877 bits per heavy atom. The first-order chi connectivity index (χ1) is 31.8. The van der Waals surface area contributed by atoms with Gasteiger partial charge in [0.25, 0.3) is 0 Å². The maximum Gasteiger partial charge on any atom is 0.328 e. The van der Waals surface area contributed by atoms with Crippen LogP contribution in [0, 0.1) is 0 Å². The number of hydrogen-bond donors (Lipinski definition) is 4. The predicted molar refractivity (Wildman–Crippen MR) is 273 cm³/mol. The van der Waals surface area contributed by atoms with Gasteiger partial charge in [0, 0.05) is 12.8 Å². The molecule has 65 heavy (non-hydrogen) atoms. The summed E-state index contributed by atoms with van der Waals surface area (Å²) < 4.78 is 6.06. The van der Waals surface area contributed by atoms with Gasteiger partial charge in [-0.3, -0.25) is 14.4 Å². The van der Waals surface area contributed by atoms with Crippen LogP contribution in [-0.4, -0.2) is 59.3 Å². The highest BCUT2D eigenvalue weighted by atomic mass is 16.5. The first-order valence-corrected chi connectivity index (χ1v) is 27.0. The molecule has 2 amide bonds. The molecule has 0 spiro atoms. The molecule has 376 valence electrons. The van der Waals surface area contributed by atoms with Crippen molar-refractivity contribution in [1.29, 1.82) is 0 Å². The predicted octanol–water partition coefficient (Wildman–Crippen LogP) is 14.7. The number of allylic oxidation sites excluding steroid dienone is 8. The van der Waals surface area contributed by atoms with Gasteiger partial charge >= 0.3 is 11.9 Å². The number of unbranched alkanes of at least 4 members (excludes halogenated alkanes) is 27. The van der Waals surface area contributed by atoms with Crippen molar-refractivity contribution >= 4 is 23.8 Å². The lowest BCUT2D eigenvalue weighted by atomic mass is 10.0. The van der Waals surface area contributed by atoms with Gasteiger partial charge in [-0.05, 0) is 77.0 Å². The number of carbonyl (C=O) groups excluding carboxylic acids is 3. The van der Waals surface area contributed by atoms with Crippen LogP contribution in [0.2, 0.25) is 0 Å². The van der Waals surface area contributed by atoms with Crippen LogP contribution in [0.25, 0.3) is 0 Å².